The molecule has 1 unspecified atom stereocenters. The number of hydrogen-bond donors (Lipinski definition) is 2. The van der Waals surface area contributed by atoms with E-state index in [-0.39, 0.29) is 5.91 Å². The number of ether oxygens (including phenoxy) is 1. The summed E-state index contributed by atoms with van der Waals surface area (Å²) in [5, 5.41) is 3.79. The third-order valence-corrected chi connectivity index (χ3v) is 5.48. The van der Waals surface area contributed by atoms with E-state index in [1.807, 2.05) is 12.1 Å². The highest BCUT2D eigenvalue weighted by Crippen LogP contribution is 2.42. The maximum absolute atomic E-state index is 11.0. The Bertz CT molecular complexity index is 512. The van der Waals surface area contributed by atoms with Gasteiger partial charge in [-0.25, -0.2) is 0 Å². The first kappa shape index (κ1) is 16.5. The average Bonchev–Trinajstić information content (AvgIpc) is 2.56. The Balaban J connectivity index is 1.58. The second-order valence-electron chi connectivity index (χ2n) is 7.16. The van der Waals surface area contributed by atoms with Crippen LogP contribution in [0.3, 0.4) is 0 Å². The molecule has 3 rings (SSSR count). The predicted octanol–water partition coefficient (Wildman–Crippen LogP) is 2.54. The molecule has 1 atom stereocenters. The van der Waals surface area contributed by atoms with Crippen molar-refractivity contribution < 1.29 is 9.53 Å². The molecule has 4 heteroatoms. The van der Waals surface area contributed by atoms with E-state index in [9.17, 15) is 4.79 Å². The van der Waals surface area contributed by atoms with Gasteiger partial charge in [-0.05, 0) is 30.4 Å². The van der Waals surface area contributed by atoms with Crippen molar-refractivity contribution in [3.8, 4) is 0 Å². The molecule has 0 bridgehead atoms. The molecule has 1 aromatic carbocycles. The summed E-state index contributed by atoms with van der Waals surface area (Å²) in [6, 6.07) is 8.75. The van der Waals surface area contributed by atoms with Gasteiger partial charge in [0, 0.05) is 24.6 Å². The molecule has 1 aliphatic heterocycles. The monoisotopic (exact) mass is 316 g/mol. The Morgan fingerprint density at radius 1 is 1.17 bits per heavy atom. The Kier molecular flexibility index (Phi) is 5.34. The Labute approximate surface area is 138 Å². The highest BCUT2D eigenvalue weighted by atomic mass is 16.5. The lowest BCUT2D eigenvalue weighted by atomic mass is 9.67. The van der Waals surface area contributed by atoms with Gasteiger partial charge < -0.3 is 15.8 Å². The molecule has 1 heterocycles. The van der Waals surface area contributed by atoms with E-state index in [2.05, 4.69) is 17.4 Å². The van der Waals surface area contributed by atoms with E-state index >= 15 is 0 Å². The lowest BCUT2D eigenvalue weighted by Crippen LogP contribution is -2.52. The van der Waals surface area contributed by atoms with E-state index in [0.717, 1.165) is 31.7 Å². The van der Waals surface area contributed by atoms with Crippen LogP contribution in [0.1, 0.15) is 49.7 Å². The number of rotatable bonds is 5. The molecule has 2 aliphatic rings. The normalized spacial score (nSPS) is 23.7. The standard InChI is InChI=1S/C19H28N2O2/c20-18(22)12-15-4-6-16(7-5-15)13-21-17-8-11-23-14-19(17)9-2-1-3-10-19/h4-7,17,21H,1-3,8-14H2,(H2,20,22). The molecule has 126 valence electrons. The van der Waals surface area contributed by atoms with Gasteiger partial charge in [0.05, 0.1) is 13.0 Å². The quantitative estimate of drug-likeness (QED) is 0.877. The minimum absolute atomic E-state index is 0.280. The fourth-order valence-electron chi connectivity index (χ4n) is 4.17. The number of benzene rings is 1. The van der Waals surface area contributed by atoms with E-state index in [1.54, 1.807) is 0 Å². The van der Waals surface area contributed by atoms with Gasteiger partial charge in [0.1, 0.15) is 0 Å². The van der Waals surface area contributed by atoms with Gasteiger partial charge in [-0.3, -0.25) is 4.79 Å². The van der Waals surface area contributed by atoms with Gasteiger partial charge in [0.15, 0.2) is 0 Å². The maximum Gasteiger partial charge on any atom is 0.221 e. The van der Waals surface area contributed by atoms with E-state index < -0.39 is 0 Å². The summed E-state index contributed by atoms with van der Waals surface area (Å²) in [6.45, 7) is 2.67. The molecule has 1 saturated carbocycles. The van der Waals surface area contributed by atoms with Crippen LogP contribution < -0.4 is 11.1 Å². The van der Waals surface area contributed by atoms with Crippen molar-refractivity contribution in [2.75, 3.05) is 13.2 Å². The second-order valence-corrected chi connectivity index (χ2v) is 7.16. The fourth-order valence-corrected chi connectivity index (χ4v) is 4.17. The molecule has 2 fully saturated rings. The highest BCUT2D eigenvalue weighted by Gasteiger charge is 2.41. The topological polar surface area (TPSA) is 64.4 Å². The highest BCUT2D eigenvalue weighted by molar-refractivity contribution is 5.76. The van der Waals surface area contributed by atoms with Crippen LogP contribution in [0, 0.1) is 5.41 Å². The molecule has 23 heavy (non-hydrogen) atoms. The second kappa shape index (κ2) is 7.45. The van der Waals surface area contributed by atoms with Crippen molar-refractivity contribution in [3.05, 3.63) is 35.4 Å². The molecule has 1 aliphatic carbocycles. The van der Waals surface area contributed by atoms with Crippen LogP contribution in [-0.2, 0) is 22.5 Å². The first-order valence-corrected chi connectivity index (χ1v) is 8.85. The first-order chi connectivity index (χ1) is 11.2. The summed E-state index contributed by atoms with van der Waals surface area (Å²) in [7, 11) is 0. The lowest BCUT2D eigenvalue weighted by Gasteiger charge is -2.47. The third kappa shape index (κ3) is 4.12. The minimum atomic E-state index is -0.280. The number of carbonyl (C=O) groups excluding carboxylic acids is 1. The molecule has 0 aromatic heterocycles. The van der Waals surface area contributed by atoms with Gasteiger partial charge in [-0.2, -0.15) is 0 Å². The number of nitrogens with one attached hydrogen (secondary N) is 1. The van der Waals surface area contributed by atoms with Crippen LogP contribution in [0.4, 0.5) is 0 Å². The van der Waals surface area contributed by atoms with Crippen molar-refractivity contribution in [3.63, 3.8) is 0 Å². The summed E-state index contributed by atoms with van der Waals surface area (Å²) >= 11 is 0. The number of nitrogens with two attached hydrogens (primary N) is 1. The molecule has 1 amide bonds. The SMILES string of the molecule is NC(=O)Cc1ccc(CNC2CCOCC23CCCCC3)cc1. The van der Waals surface area contributed by atoms with Crippen molar-refractivity contribution >= 4 is 5.91 Å². The van der Waals surface area contributed by atoms with Crippen molar-refractivity contribution in [1.29, 1.82) is 0 Å². The van der Waals surface area contributed by atoms with Gasteiger partial charge in [-0.15, -0.1) is 0 Å². The van der Waals surface area contributed by atoms with Crippen LogP contribution in [0.15, 0.2) is 24.3 Å². The minimum Gasteiger partial charge on any atom is -0.381 e. The Hall–Kier alpha value is -1.39. The van der Waals surface area contributed by atoms with Crippen molar-refractivity contribution in [1.82, 2.24) is 5.32 Å². The summed E-state index contributed by atoms with van der Waals surface area (Å²) in [6.07, 6.45) is 8.06. The number of amides is 1. The summed E-state index contributed by atoms with van der Waals surface area (Å²) < 4.78 is 5.81. The fraction of sp³-hybridized carbons (Fsp3) is 0.632. The molecule has 1 aromatic rings. The largest absolute Gasteiger partial charge is 0.381 e. The number of hydrogen-bond acceptors (Lipinski definition) is 3. The summed E-state index contributed by atoms with van der Waals surface area (Å²) in [5.74, 6) is -0.280. The lowest BCUT2D eigenvalue weighted by molar-refractivity contribution is -0.117. The summed E-state index contributed by atoms with van der Waals surface area (Å²) in [5.41, 5.74) is 7.83. The third-order valence-electron chi connectivity index (χ3n) is 5.48. The van der Waals surface area contributed by atoms with E-state index in [0.29, 0.717) is 17.9 Å². The Morgan fingerprint density at radius 2 is 1.87 bits per heavy atom. The van der Waals surface area contributed by atoms with Gasteiger partial charge >= 0.3 is 0 Å². The van der Waals surface area contributed by atoms with Crippen LogP contribution >= 0.6 is 0 Å². The van der Waals surface area contributed by atoms with Gasteiger partial charge in [0.2, 0.25) is 5.91 Å². The molecule has 4 nitrogen and oxygen atoms in total. The van der Waals surface area contributed by atoms with E-state index in [1.165, 1.54) is 37.7 Å². The van der Waals surface area contributed by atoms with Crippen molar-refractivity contribution in [2.24, 2.45) is 11.1 Å². The smallest absolute Gasteiger partial charge is 0.221 e. The van der Waals surface area contributed by atoms with Gasteiger partial charge in [0.25, 0.3) is 0 Å². The van der Waals surface area contributed by atoms with Crippen LogP contribution in [-0.4, -0.2) is 25.2 Å². The molecular formula is C19H28N2O2. The molecular weight excluding hydrogens is 288 g/mol. The molecule has 1 spiro atoms. The van der Waals surface area contributed by atoms with Crippen molar-refractivity contribution in [2.45, 2.75) is 57.5 Å². The van der Waals surface area contributed by atoms with Crippen LogP contribution in [0.25, 0.3) is 0 Å². The predicted molar refractivity (Wildman–Crippen MR) is 90.9 cm³/mol. The average molecular weight is 316 g/mol. The molecule has 0 radical (unpaired) electrons. The zero-order chi connectivity index (χ0) is 16.1. The molecule has 1 saturated heterocycles. The zero-order valence-electron chi connectivity index (χ0n) is 13.9. The van der Waals surface area contributed by atoms with Crippen LogP contribution in [0.5, 0.6) is 0 Å². The summed E-state index contributed by atoms with van der Waals surface area (Å²) in [4.78, 5) is 11.0. The number of carbonyl (C=O) groups is 1. The van der Waals surface area contributed by atoms with E-state index in [4.69, 9.17) is 10.5 Å². The first-order valence-electron chi connectivity index (χ1n) is 8.85. The van der Waals surface area contributed by atoms with Crippen LogP contribution in [0.2, 0.25) is 0 Å². The zero-order valence-corrected chi connectivity index (χ0v) is 13.9. The Morgan fingerprint density at radius 3 is 2.57 bits per heavy atom. The molecule has 3 N–H and O–H groups in total. The van der Waals surface area contributed by atoms with Gasteiger partial charge in [-0.1, -0.05) is 43.5 Å². The number of primary amides is 1. The maximum atomic E-state index is 11.0.